The van der Waals surface area contributed by atoms with Gasteiger partial charge in [-0.3, -0.25) is 4.79 Å². The Bertz CT molecular complexity index is 428. The summed E-state index contributed by atoms with van der Waals surface area (Å²) in [6.07, 6.45) is 3.05. The van der Waals surface area contributed by atoms with E-state index in [1.165, 1.54) is 12.7 Å². The smallest absolute Gasteiger partial charge is 0.308 e. The van der Waals surface area contributed by atoms with Crippen LogP contribution in [-0.4, -0.2) is 13.1 Å². The Morgan fingerprint density at radius 1 is 1.53 bits per heavy atom. The van der Waals surface area contributed by atoms with Crippen molar-refractivity contribution in [1.29, 1.82) is 0 Å². The lowest BCUT2D eigenvalue weighted by atomic mass is 10.0. The Balaban J connectivity index is 1.83. The number of aryl methyl sites for hydroxylation is 2. The molecule has 1 saturated carbocycles. The van der Waals surface area contributed by atoms with Crippen LogP contribution in [0.25, 0.3) is 0 Å². The largest absolute Gasteiger partial charge is 0.469 e. The molecule has 3 heteroatoms. The standard InChI is InChI=1S/C14H17ClO2/c1-9-7-10(4-6-13(9)15)3-5-11-8-12(11)14(16)17-2/h4,6-7,11-12H,3,5,8H2,1-2H3. The molecule has 2 unspecified atom stereocenters. The second kappa shape index (κ2) is 5.09. The third-order valence-corrected chi connectivity index (χ3v) is 3.88. The van der Waals surface area contributed by atoms with Crippen molar-refractivity contribution < 1.29 is 9.53 Å². The van der Waals surface area contributed by atoms with Crippen molar-refractivity contribution in [3.8, 4) is 0 Å². The number of halogens is 1. The fourth-order valence-corrected chi connectivity index (χ4v) is 2.34. The van der Waals surface area contributed by atoms with E-state index in [4.69, 9.17) is 16.3 Å². The van der Waals surface area contributed by atoms with Gasteiger partial charge in [-0.15, -0.1) is 0 Å². The zero-order chi connectivity index (χ0) is 12.4. The minimum Gasteiger partial charge on any atom is -0.469 e. The predicted octanol–water partition coefficient (Wildman–Crippen LogP) is 3.39. The fourth-order valence-electron chi connectivity index (χ4n) is 2.22. The van der Waals surface area contributed by atoms with Crippen molar-refractivity contribution in [3.63, 3.8) is 0 Å². The number of benzene rings is 1. The lowest BCUT2D eigenvalue weighted by Gasteiger charge is -2.04. The highest BCUT2D eigenvalue weighted by Crippen LogP contribution is 2.42. The molecule has 2 rings (SSSR count). The van der Waals surface area contributed by atoms with Crippen LogP contribution in [-0.2, 0) is 16.0 Å². The van der Waals surface area contributed by atoms with E-state index in [2.05, 4.69) is 12.1 Å². The summed E-state index contributed by atoms with van der Waals surface area (Å²) in [6.45, 7) is 2.01. The molecule has 0 spiro atoms. The molecule has 1 aromatic rings. The molecule has 0 radical (unpaired) electrons. The topological polar surface area (TPSA) is 26.3 Å². The molecule has 2 nitrogen and oxygen atoms in total. The second-order valence-electron chi connectivity index (χ2n) is 4.75. The van der Waals surface area contributed by atoms with Crippen LogP contribution in [0.15, 0.2) is 18.2 Å². The number of rotatable bonds is 4. The molecule has 0 bridgehead atoms. The van der Waals surface area contributed by atoms with Crippen molar-refractivity contribution in [2.75, 3.05) is 7.11 Å². The van der Waals surface area contributed by atoms with Gasteiger partial charge in [0.15, 0.2) is 0 Å². The van der Waals surface area contributed by atoms with E-state index in [-0.39, 0.29) is 11.9 Å². The van der Waals surface area contributed by atoms with Gasteiger partial charge in [0.1, 0.15) is 0 Å². The van der Waals surface area contributed by atoms with Crippen LogP contribution in [0.1, 0.15) is 24.0 Å². The van der Waals surface area contributed by atoms with Crippen LogP contribution in [0.2, 0.25) is 5.02 Å². The van der Waals surface area contributed by atoms with Crippen molar-refractivity contribution in [2.24, 2.45) is 11.8 Å². The number of hydrogen-bond donors (Lipinski definition) is 0. The summed E-state index contributed by atoms with van der Waals surface area (Å²) < 4.78 is 4.73. The van der Waals surface area contributed by atoms with E-state index < -0.39 is 0 Å². The van der Waals surface area contributed by atoms with Gasteiger partial charge in [0, 0.05) is 5.02 Å². The molecule has 2 atom stereocenters. The molecule has 0 aromatic heterocycles. The molecular weight excluding hydrogens is 236 g/mol. The normalized spacial score (nSPS) is 22.3. The molecule has 92 valence electrons. The van der Waals surface area contributed by atoms with E-state index in [1.807, 2.05) is 13.0 Å². The molecule has 0 aliphatic heterocycles. The Hall–Kier alpha value is -1.02. The number of hydrogen-bond acceptors (Lipinski definition) is 2. The van der Waals surface area contributed by atoms with E-state index >= 15 is 0 Å². The van der Waals surface area contributed by atoms with E-state index in [9.17, 15) is 4.79 Å². The maximum Gasteiger partial charge on any atom is 0.308 e. The Morgan fingerprint density at radius 2 is 2.29 bits per heavy atom. The minimum absolute atomic E-state index is 0.0534. The van der Waals surface area contributed by atoms with Crippen LogP contribution in [0.5, 0.6) is 0 Å². The molecule has 1 fully saturated rings. The maximum absolute atomic E-state index is 11.3. The van der Waals surface area contributed by atoms with E-state index in [0.717, 1.165) is 29.8 Å². The summed E-state index contributed by atoms with van der Waals surface area (Å²) in [5.41, 5.74) is 2.41. The first kappa shape index (κ1) is 12.4. The van der Waals surface area contributed by atoms with Crippen molar-refractivity contribution in [2.45, 2.75) is 26.2 Å². The van der Waals surface area contributed by atoms with Gasteiger partial charge < -0.3 is 4.74 Å². The van der Waals surface area contributed by atoms with Crippen molar-refractivity contribution in [1.82, 2.24) is 0 Å². The van der Waals surface area contributed by atoms with Gasteiger partial charge in [0.2, 0.25) is 0 Å². The highest BCUT2D eigenvalue weighted by Gasteiger charge is 2.43. The van der Waals surface area contributed by atoms with Crippen LogP contribution < -0.4 is 0 Å². The monoisotopic (exact) mass is 252 g/mol. The molecule has 0 N–H and O–H groups in total. The summed E-state index contributed by atoms with van der Waals surface area (Å²) in [7, 11) is 1.46. The molecule has 0 saturated heterocycles. The SMILES string of the molecule is COC(=O)C1CC1CCc1ccc(Cl)c(C)c1. The summed E-state index contributed by atoms with van der Waals surface area (Å²) >= 11 is 5.98. The highest BCUT2D eigenvalue weighted by atomic mass is 35.5. The predicted molar refractivity (Wildman–Crippen MR) is 68.1 cm³/mol. The Kier molecular flexibility index (Phi) is 3.72. The minimum atomic E-state index is -0.0534. The van der Waals surface area contributed by atoms with Gasteiger partial charge in [0.25, 0.3) is 0 Å². The third kappa shape index (κ3) is 3.01. The summed E-state index contributed by atoms with van der Waals surface area (Å²) in [6, 6.07) is 6.12. The lowest BCUT2D eigenvalue weighted by molar-refractivity contribution is -0.142. The van der Waals surface area contributed by atoms with Gasteiger partial charge in [0.05, 0.1) is 13.0 Å². The molecular formula is C14H17ClO2. The summed E-state index contributed by atoms with van der Waals surface area (Å²) in [5.74, 6) is 0.606. The van der Waals surface area contributed by atoms with Gasteiger partial charge in [-0.2, -0.15) is 0 Å². The van der Waals surface area contributed by atoms with Gasteiger partial charge in [-0.1, -0.05) is 23.7 Å². The average molecular weight is 253 g/mol. The van der Waals surface area contributed by atoms with Crippen LogP contribution in [0, 0.1) is 18.8 Å². The lowest BCUT2D eigenvalue weighted by Crippen LogP contribution is -2.04. The Morgan fingerprint density at radius 3 is 2.94 bits per heavy atom. The Labute approximate surface area is 107 Å². The third-order valence-electron chi connectivity index (χ3n) is 3.45. The van der Waals surface area contributed by atoms with E-state index in [0.29, 0.717) is 5.92 Å². The van der Waals surface area contributed by atoms with Gasteiger partial charge in [-0.05, 0) is 49.3 Å². The number of esters is 1. The first-order valence-corrected chi connectivity index (χ1v) is 6.32. The molecule has 1 aliphatic carbocycles. The van der Waals surface area contributed by atoms with E-state index in [1.54, 1.807) is 0 Å². The fraction of sp³-hybridized carbons (Fsp3) is 0.500. The number of carbonyl (C=O) groups is 1. The number of ether oxygens (including phenoxy) is 1. The highest BCUT2D eigenvalue weighted by molar-refractivity contribution is 6.31. The van der Waals surface area contributed by atoms with Crippen LogP contribution in [0.3, 0.4) is 0 Å². The van der Waals surface area contributed by atoms with Crippen LogP contribution in [0.4, 0.5) is 0 Å². The quantitative estimate of drug-likeness (QED) is 0.768. The summed E-state index contributed by atoms with van der Waals surface area (Å²) in [5, 5.41) is 0.813. The molecule has 17 heavy (non-hydrogen) atoms. The van der Waals surface area contributed by atoms with Gasteiger partial charge >= 0.3 is 5.97 Å². The molecule has 1 aromatic carbocycles. The van der Waals surface area contributed by atoms with Gasteiger partial charge in [-0.25, -0.2) is 0 Å². The summed E-state index contributed by atoms with van der Waals surface area (Å²) in [4.78, 5) is 11.3. The molecule has 0 heterocycles. The maximum atomic E-state index is 11.3. The number of carbonyl (C=O) groups excluding carboxylic acids is 1. The first-order valence-electron chi connectivity index (χ1n) is 5.94. The average Bonchev–Trinajstić information content (AvgIpc) is 3.09. The number of methoxy groups -OCH3 is 1. The molecule has 0 amide bonds. The van der Waals surface area contributed by atoms with Crippen molar-refractivity contribution >= 4 is 17.6 Å². The van der Waals surface area contributed by atoms with Crippen molar-refractivity contribution in [3.05, 3.63) is 34.3 Å². The second-order valence-corrected chi connectivity index (χ2v) is 5.15. The zero-order valence-electron chi connectivity index (χ0n) is 10.2. The first-order chi connectivity index (χ1) is 8.11. The van der Waals surface area contributed by atoms with Crippen LogP contribution >= 0.6 is 11.6 Å². The zero-order valence-corrected chi connectivity index (χ0v) is 11.0. The molecule has 1 aliphatic rings.